The van der Waals surface area contributed by atoms with Crippen molar-refractivity contribution in [2.75, 3.05) is 0 Å². The molecule has 0 saturated carbocycles. The summed E-state index contributed by atoms with van der Waals surface area (Å²) in [7, 11) is 0. The fourth-order valence-electron chi connectivity index (χ4n) is 1.38. The molecule has 0 aliphatic carbocycles. The quantitative estimate of drug-likeness (QED) is 0.376. The van der Waals surface area contributed by atoms with Gasteiger partial charge in [-0.2, -0.15) is 0 Å². The Morgan fingerprint density at radius 3 is 1.50 bits per heavy atom. The van der Waals surface area contributed by atoms with Crippen molar-refractivity contribution in [1.29, 1.82) is 0 Å². The van der Waals surface area contributed by atoms with Gasteiger partial charge in [-0.3, -0.25) is 0 Å². The Hall–Kier alpha value is 1.65. The predicted octanol–water partition coefficient (Wildman–Crippen LogP) is 1.17. The predicted molar refractivity (Wildman–Crippen MR) is 72.6 cm³/mol. The van der Waals surface area contributed by atoms with E-state index in [0.717, 1.165) is 25.7 Å². The Morgan fingerprint density at radius 1 is 0.938 bits per heavy atom. The maximum absolute atomic E-state index is 5.61. The molecule has 0 aliphatic heterocycles. The molecule has 0 aromatic rings. The summed E-state index contributed by atoms with van der Waals surface area (Å²) in [4.78, 5) is 0. The van der Waals surface area contributed by atoms with Crippen LogP contribution in [0.25, 0.3) is 0 Å². The van der Waals surface area contributed by atoms with Gasteiger partial charge in [-0.25, -0.2) is 9.05 Å². The molecule has 2 unspecified atom stereocenters. The normalized spacial score (nSPS) is 15.4. The second-order valence-electron chi connectivity index (χ2n) is 3.86. The summed E-state index contributed by atoms with van der Waals surface area (Å²) in [6.07, 6.45) is 1.92. The van der Waals surface area contributed by atoms with Crippen LogP contribution in [0.3, 0.4) is 0 Å². The zero-order valence-corrected chi connectivity index (χ0v) is 13.6. The molecule has 0 N–H and O–H groups in total. The Kier molecular flexibility index (Phi) is 13.2. The Morgan fingerprint density at radius 2 is 1.25 bits per heavy atom. The first kappa shape index (κ1) is 20.0. The molecule has 0 rings (SSSR count). The van der Waals surface area contributed by atoms with Crippen LogP contribution in [0.5, 0.6) is 0 Å². The molecule has 92 valence electrons. The van der Waals surface area contributed by atoms with Crippen LogP contribution in [0.1, 0.15) is 53.4 Å². The second-order valence-corrected chi connectivity index (χ2v) is 8.75. The smallest absolute Gasteiger partial charge is 0.515 e. The van der Waals surface area contributed by atoms with Crippen molar-refractivity contribution in [3.63, 3.8) is 0 Å². The van der Waals surface area contributed by atoms with E-state index in [1.807, 2.05) is 13.8 Å². The summed E-state index contributed by atoms with van der Waals surface area (Å²) in [6, 6.07) is 0. The van der Waals surface area contributed by atoms with Crippen molar-refractivity contribution >= 4 is 30.6 Å². The minimum absolute atomic E-state index is 0. The van der Waals surface area contributed by atoms with Crippen molar-refractivity contribution in [3.8, 4) is 0 Å². The zero-order valence-electron chi connectivity index (χ0n) is 11.1. The summed E-state index contributed by atoms with van der Waals surface area (Å²) >= 11 is 10.4. The Labute approximate surface area is 124 Å². The molecule has 0 aromatic heterocycles. The van der Waals surface area contributed by atoms with Crippen LogP contribution in [0.2, 0.25) is 0 Å². The molecule has 0 aromatic carbocycles. The van der Waals surface area contributed by atoms with Gasteiger partial charge in [0.05, 0.1) is 12.2 Å². The van der Waals surface area contributed by atoms with Crippen LogP contribution in [0, 0.1) is 0 Å². The molecule has 0 radical (unpaired) electrons. The largest absolute Gasteiger partial charge is 1.00 e. The maximum Gasteiger partial charge on any atom is 1.00 e. The van der Waals surface area contributed by atoms with Crippen LogP contribution in [0.15, 0.2) is 0 Å². The van der Waals surface area contributed by atoms with Gasteiger partial charge < -0.3 is 24.5 Å². The third-order valence-electron chi connectivity index (χ3n) is 2.01. The van der Waals surface area contributed by atoms with Gasteiger partial charge in [0, 0.05) is 6.12 Å². The van der Waals surface area contributed by atoms with Gasteiger partial charge in [-0.15, -0.1) is 0 Å². The molecule has 2 atom stereocenters. The molecule has 0 fully saturated rings. The van der Waals surface area contributed by atoms with E-state index in [1.54, 1.807) is 0 Å². The van der Waals surface area contributed by atoms with Gasteiger partial charge in [0.2, 0.25) is 0 Å². The van der Waals surface area contributed by atoms with E-state index in [0.29, 0.717) is 0 Å². The van der Waals surface area contributed by atoms with Gasteiger partial charge in [-0.1, -0.05) is 26.7 Å². The molecule has 0 saturated heterocycles. The van der Waals surface area contributed by atoms with Gasteiger partial charge in [0.25, 0.3) is 0 Å². The first-order valence-electron chi connectivity index (χ1n) is 5.59. The standard InChI is InChI=1S/C10H23O2PS2.Li/c1-5-7-9(3)11-13(14,15)12-10(4)8-6-2;/h9-10H,5-8H2,1-4H3,(H,14,15);/q;+1/p-1. The van der Waals surface area contributed by atoms with Crippen molar-refractivity contribution in [2.24, 2.45) is 0 Å². The monoisotopic (exact) mass is 276 g/mol. The minimum Gasteiger partial charge on any atom is -0.515 e. The Balaban J connectivity index is 0. The van der Waals surface area contributed by atoms with Gasteiger partial charge in [0.1, 0.15) is 0 Å². The van der Waals surface area contributed by atoms with Crippen LogP contribution in [0.4, 0.5) is 0 Å². The molecule has 0 heterocycles. The van der Waals surface area contributed by atoms with Crippen LogP contribution in [-0.2, 0) is 33.5 Å². The van der Waals surface area contributed by atoms with E-state index in [4.69, 9.17) is 33.5 Å². The first-order chi connectivity index (χ1) is 6.91. The van der Waals surface area contributed by atoms with E-state index in [-0.39, 0.29) is 31.1 Å². The fraction of sp³-hybridized carbons (Fsp3) is 1.00. The topological polar surface area (TPSA) is 18.5 Å². The van der Waals surface area contributed by atoms with E-state index >= 15 is 0 Å². The molecule has 2 nitrogen and oxygen atoms in total. The average Bonchev–Trinajstić information content (AvgIpc) is 2.01. The van der Waals surface area contributed by atoms with E-state index in [9.17, 15) is 0 Å². The SMILES string of the molecule is CCCC(C)O[P+]([S-])([S-])OC(C)CCC.[Li+]. The average molecular weight is 276 g/mol. The van der Waals surface area contributed by atoms with Gasteiger partial charge in [-0.05, 0) is 26.7 Å². The summed E-state index contributed by atoms with van der Waals surface area (Å²) in [5.74, 6) is 0. The zero-order chi connectivity index (χ0) is 11.9. The molecular formula is C10H22LiO2PS2. The third kappa shape index (κ3) is 10.8. The number of hydrogen-bond acceptors (Lipinski definition) is 4. The molecule has 0 spiro atoms. The molecule has 6 heteroatoms. The Bertz CT molecular complexity index is 157. The van der Waals surface area contributed by atoms with Gasteiger partial charge in [0.15, 0.2) is 0 Å². The molecule has 0 aliphatic rings. The molecule has 16 heavy (non-hydrogen) atoms. The van der Waals surface area contributed by atoms with Crippen molar-refractivity contribution < 1.29 is 27.9 Å². The van der Waals surface area contributed by atoms with Crippen molar-refractivity contribution in [2.45, 2.75) is 65.6 Å². The number of hydrogen-bond donors (Lipinski definition) is 0. The molecule has 0 bridgehead atoms. The molecule has 0 amide bonds. The summed E-state index contributed by atoms with van der Waals surface area (Å²) < 4.78 is 11.2. The third-order valence-corrected chi connectivity index (χ3v) is 4.28. The van der Waals surface area contributed by atoms with Crippen molar-refractivity contribution in [3.05, 3.63) is 0 Å². The maximum atomic E-state index is 5.61. The summed E-state index contributed by atoms with van der Waals surface area (Å²) in [5.41, 5.74) is 0. The second kappa shape index (κ2) is 10.6. The van der Waals surface area contributed by atoms with Gasteiger partial charge >= 0.3 is 18.9 Å². The minimum atomic E-state index is -2.45. The van der Waals surface area contributed by atoms with E-state index in [2.05, 4.69) is 13.8 Å². The number of rotatable bonds is 8. The summed E-state index contributed by atoms with van der Waals surface area (Å²) in [5, 5.41) is 0. The van der Waals surface area contributed by atoms with Crippen molar-refractivity contribution in [1.82, 2.24) is 0 Å². The van der Waals surface area contributed by atoms with E-state index < -0.39 is 6.12 Å². The van der Waals surface area contributed by atoms with Crippen LogP contribution < -0.4 is 18.9 Å². The fourth-order valence-corrected chi connectivity index (χ4v) is 4.29. The van der Waals surface area contributed by atoms with Crippen LogP contribution >= 0.6 is 6.12 Å². The van der Waals surface area contributed by atoms with E-state index in [1.165, 1.54) is 0 Å². The summed E-state index contributed by atoms with van der Waals surface area (Å²) in [6.45, 7) is 8.25. The molecular weight excluding hydrogens is 254 g/mol. The first-order valence-corrected chi connectivity index (χ1v) is 9.24. The van der Waals surface area contributed by atoms with Crippen LogP contribution in [-0.4, -0.2) is 12.2 Å².